The van der Waals surface area contributed by atoms with Crippen LogP contribution in [0.3, 0.4) is 0 Å². The summed E-state index contributed by atoms with van der Waals surface area (Å²) in [6.45, 7) is 5.30. The summed E-state index contributed by atoms with van der Waals surface area (Å²) in [7, 11) is 1.80. The monoisotopic (exact) mass is 361 g/mol. The minimum atomic E-state index is 0. The number of aliphatic imine (C=N–C) groups is 1. The van der Waals surface area contributed by atoms with Gasteiger partial charge in [0.1, 0.15) is 0 Å². The highest BCUT2D eigenvalue weighted by atomic mass is 127. The van der Waals surface area contributed by atoms with E-state index < -0.39 is 0 Å². The Labute approximate surface area is 127 Å². The fraction of sp³-hybridized carbons (Fsp3) is 0.500. The molecule has 4 heteroatoms. The molecule has 2 N–H and O–H groups in total. The molecule has 0 fully saturated rings. The third-order valence-corrected chi connectivity index (χ3v) is 2.70. The summed E-state index contributed by atoms with van der Waals surface area (Å²) in [5.74, 6) is 0.870. The molecule has 1 aromatic carbocycles. The zero-order chi connectivity index (χ0) is 12.5. The molecule has 0 aromatic heterocycles. The first kappa shape index (κ1) is 17.2. The van der Waals surface area contributed by atoms with Gasteiger partial charge in [-0.15, -0.1) is 24.0 Å². The van der Waals surface area contributed by atoms with Crippen LogP contribution in [0.2, 0.25) is 0 Å². The Morgan fingerprint density at radius 3 is 2.50 bits per heavy atom. The van der Waals surface area contributed by atoms with Crippen LogP contribution in [0.25, 0.3) is 0 Å². The van der Waals surface area contributed by atoms with Crippen LogP contribution >= 0.6 is 24.0 Å². The average molecular weight is 361 g/mol. The number of hydrogen-bond donors (Lipinski definition) is 2. The van der Waals surface area contributed by atoms with E-state index in [1.165, 1.54) is 18.4 Å². The number of guanidine groups is 1. The summed E-state index contributed by atoms with van der Waals surface area (Å²) < 4.78 is 0. The van der Waals surface area contributed by atoms with Crippen LogP contribution in [0, 0.1) is 0 Å². The van der Waals surface area contributed by atoms with Crippen molar-refractivity contribution < 1.29 is 0 Å². The van der Waals surface area contributed by atoms with Crippen molar-refractivity contribution in [3.05, 3.63) is 35.9 Å². The van der Waals surface area contributed by atoms with Crippen LogP contribution in [0.4, 0.5) is 0 Å². The van der Waals surface area contributed by atoms with Crippen LogP contribution in [0.15, 0.2) is 35.3 Å². The van der Waals surface area contributed by atoms with E-state index in [2.05, 4.69) is 53.7 Å². The third kappa shape index (κ3) is 6.23. The SMILES string of the molecule is CCCCNC(=NC)NC(C)c1ccccc1.I. The van der Waals surface area contributed by atoms with Gasteiger partial charge in [0.05, 0.1) is 6.04 Å². The lowest BCUT2D eigenvalue weighted by molar-refractivity contribution is 0.671. The van der Waals surface area contributed by atoms with Crippen molar-refractivity contribution in [3.63, 3.8) is 0 Å². The van der Waals surface area contributed by atoms with Gasteiger partial charge in [0.15, 0.2) is 5.96 Å². The molecule has 1 unspecified atom stereocenters. The quantitative estimate of drug-likeness (QED) is 0.365. The summed E-state index contributed by atoms with van der Waals surface area (Å²) in [6, 6.07) is 10.7. The largest absolute Gasteiger partial charge is 0.356 e. The van der Waals surface area contributed by atoms with E-state index in [-0.39, 0.29) is 30.0 Å². The molecule has 102 valence electrons. The van der Waals surface area contributed by atoms with Crippen LogP contribution in [-0.4, -0.2) is 19.6 Å². The molecule has 18 heavy (non-hydrogen) atoms. The molecule has 0 spiro atoms. The van der Waals surface area contributed by atoms with Gasteiger partial charge in [0.25, 0.3) is 0 Å². The molecule has 1 aromatic rings. The maximum atomic E-state index is 4.22. The molecular formula is C14H24IN3. The van der Waals surface area contributed by atoms with Crippen molar-refractivity contribution >= 4 is 29.9 Å². The minimum absolute atomic E-state index is 0. The number of rotatable bonds is 5. The lowest BCUT2D eigenvalue weighted by atomic mass is 10.1. The van der Waals surface area contributed by atoms with Gasteiger partial charge in [-0.1, -0.05) is 43.7 Å². The summed E-state index contributed by atoms with van der Waals surface area (Å²) in [5.41, 5.74) is 1.27. The maximum Gasteiger partial charge on any atom is 0.191 e. The summed E-state index contributed by atoms with van der Waals surface area (Å²) in [4.78, 5) is 4.22. The first-order valence-electron chi connectivity index (χ1n) is 6.30. The molecule has 3 nitrogen and oxygen atoms in total. The second-order valence-corrected chi connectivity index (χ2v) is 4.13. The van der Waals surface area contributed by atoms with E-state index in [9.17, 15) is 0 Å². The van der Waals surface area contributed by atoms with Crippen LogP contribution in [-0.2, 0) is 0 Å². The van der Waals surface area contributed by atoms with Crippen LogP contribution in [0.1, 0.15) is 38.3 Å². The standard InChI is InChI=1S/C14H23N3.HI/c1-4-5-11-16-14(15-3)17-12(2)13-9-7-6-8-10-13;/h6-10,12H,4-5,11H2,1-3H3,(H2,15,16,17);1H. The highest BCUT2D eigenvalue weighted by molar-refractivity contribution is 14.0. The highest BCUT2D eigenvalue weighted by Crippen LogP contribution is 2.10. The molecular weight excluding hydrogens is 337 g/mol. The summed E-state index contributed by atoms with van der Waals surface area (Å²) in [6.07, 6.45) is 2.36. The van der Waals surface area contributed by atoms with Crippen molar-refractivity contribution in [2.24, 2.45) is 4.99 Å². The topological polar surface area (TPSA) is 36.4 Å². The van der Waals surface area contributed by atoms with Crippen molar-refractivity contribution in [1.29, 1.82) is 0 Å². The van der Waals surface area contributed by atoms with Gasteiger partial charge in [0.2, 0.25) is 0 Å². The molecule has 0 saturated carbocycles. The Balaban J connectivity index is 0.00000289. The Bertz CT molecular complexity index is 338. The van der Waals surface area contributed by atoms with Crippen molar-refractivity contribution in [2.45, 2.75) is 32.7 Å². The Hall–Kier alpha value is -0.780. The molecule has 1 atom stereocenters. The van der Waals surface area contributed by atoms with E-state index in [4.69, 9.17) is 0 Å². The smallest absolute Gasteiger partial charge is 0.191 e. The van der Waals surface area contributed by atoms with E-state index in [0.717, 1.165) is 12.5 Å². The fourth-order valence-corrected chi connectivity index (χ4v) is 1.61. The maximum absolute atomic E-state index is 4.22. The molecule has 0 saturated heterocycles. The first-order chi connectivity index (χ1) is 8.27. The van der Waals surface area contributed by atoms with E-state index in [1.54, 1.807) is 7.05 Å². The zero-order valence-electron chi connectivity index (χ0n) is 11.4. The van der Waals surface area contributed by atoms with Gasteiger partial charge in [-0.25, -0.2) is 0 Å². The molecule has 0 aliphatic rings. The normalized spacial score (nSPS) is 12.5. The van der Waals surface area contributed by atoms with Crippen molar-refractivity contribution in [2.75, 3.05) is 13.6 Å². The number of halogens is 1. The van der Waals surface area contributed by atoms with Gasteiger partial charge in [0, 0.05) is 13.6 Å². The highest BCUT2D eigenvalue weighted by Gasteiger charge is 2.06. The fourth-order valence-electron chi connectivity index (χ4n) is 1.61. The van der Waals surface area contributed by atoms with Gasteiger partial charge in [-0.2, -0.15) is 0 Å². The second-order valence-electron chi connectivity index (χ2n) is 4.13. The molecule has 0 aliphatic heterocycles. The van der Waals surface area contributed by atoms with Gasteiger partial charge in [-0.3, -0.25) is 4.99 Å². The average Bonchev–Trinajstić information content (AvgIpc) is 2.38. The number of hydrogen-bond acceptors (Lipinski definition) is 1. The number of nitrogens with zero attached hydrogens (tertiary/aromatic N) is 1. The molecule has 0 bridgehead atoms. The van der Waals surface area contributed by atoms with Gasteiger partial charge >= 0.3 is 0 Å². The molecule has 1 rings (SSSR count). The molecule has 0 heterocycles. The lowest BCUT2D eigenvalue weighted by Crippen LogP contribution is -2.39. The minimum Gasteiger partial charge on any atom is -0.356 e. The predicted molar refractivity (Wildman–Crippen MR) is 89.7 cm³/mol. The van der Waals surface area contributed by atoms with Gasteiger partial charge < -0.3 is 10.6 Å². The summed E-state index contributed by atoms with van der Waals surface area (Å²) in [5, 5.41) is 6.69. The number of unbranched alkanes of at least 4 members (excludes halogenated alkanes) is 1. The van der Waals surface area contributed by atoms with E-state index in [0.29, 0.717) is 0 Å². The first-order valence-corrected chi connectivity index (χ1v) is 6.30. The second kappa shape index (κ2) is 10.2. The third-order valence-electron chi connectivity index (χ3n) is 2.70. The van der Waals surface area contributed by atoms with Crippen molar-refractivity contribution in [1.82, 2.24) is 10.6 Å². The number of benzene rings is 1. The van der Waals surface area contributed by atoms with E-state index in [1.807, 2.05) is 6.07 Å². The summed E-state index contributed by atoms with van der Waals surface area (Å²) >= 11 is 0. The molecule has 0 amide bonds. The zero-order valence-corrected chi connectivity index (χ0v) is 13.8. The van der Waals surface area contributed by atoms with Crippen LogP contribution in [0.5, 0.6) is 0 Å². The predicted octanol–water partition coefficient (Wildman–Crippen LogP) is 3.33. The van der Waals surface area contributed by atoms with E-state index >= 15 is 0 Å². The number of nitrogens with one attached hydrogen (secondary N) is 2. The van der Waals surface area contributed by atoms with Crippen LogP contribution < -0.4 is 10.6 Å². The Morgan fingerprint density at radius 2 is 1.94 bits per heavy atom. The van der Waals surface area contributed by atoms with Crippen molar-refractivity contribution in [3.8, 4) is 0 Å². The lowest BCUT2D eigenvalue weighted by Gasteiger charge is -2.18. The van der Waals surface area contributed by atoms with Gasteiger partial charge in [-0.05, 0) is 18.9 Å². The Morgan fingerprint density at radius 1 is 1.28 bits per heavy atom. The molecule has 0 radical (unpaired) electrons. The Kier molecular flexibility index (Phi) is 9.73. The molecule has 0 aliphatic carbocycles.